The van der Waals surface area contributed by atoms with Gasteiger partial charge in [0.25, 0.3) is 0 Å². The van der Waals surface area contributed by atoms with E-state index in [2.05, 4.69) is 43.6 Å². The van der Waals surface area contributed by atoms with Crippen molar-refractivity contribution in [3.05, 3.63) is 35.4 Å². The van der Waals surface area contributed by atoms with Gasteiger partial charge in [-0.2, -0.15) is 0 Å². The largest absolute Gasteiger partial charge is 0.317 e. The highest BCUT2D eigenvalue weighted by molar-refractivity contribution is 5.22. The van der Waals surface area contributed by atoms with Crippen molar-refractivity contribution in [2.45, 2.75) is 57.9 Å². The molecule has 1 atom stereocenters. The summed E-state index contributed by atoms with van der Waals surface area (Å²) in [5, 5.41) is 3.54. The topological polar surface area (TPSA) is 12.0 Å². The average molecular weight is 245 g/mol. The molecule has 1 aromatic carbocycles. The second kappa shape index (κ2) is 6.94. The predicted octanol–water partition coefficient (Wildman–Crippen LogP) is 3.96. The van der Waals surface area contributed by atoms with Crippen LogP contribution in [-0.4, -0.2) is 13.1 Å². The van der Waals surface area contributed by atoms with Crippen LogP contribution in [0.4, 0.5) is 0 Å². The molecular weight excluding hydrogens is 218 g/mol. The van der Waals surface area contributed by atoms with Gasteiger partial charge >= 0.3 is 0 Å². The van der Waals surface area contributed by atoms with Gasteiger partial charge in [0.05, 0.1) is 0 Å². The molecule has 1 N–H and O–H groups in total. The first-order chi connectivity index (χ1) is 8.83. The molecule has 0 aromatic heterocycles. The van der Waals surface area contributed by atoms with E-state index in [0.29, 0.717) is 0 Å². The standard InChI is InChI=1S/C17H27N/c1-3-14-8-10-15(11-9-14)12-13-17(18-2)16-6-4-5-7-16/h8-11,16-18H,3-7,12-13H2,1-2H3. The molecule has 0 radical (unpaired) electrons. The van der Waals surface area contributed by atoms with Gasteiger partial charge < -0.3 is 5.32 Å². The second-order valence-corrected chi connectivity index (χ2v) is 5.65. The van der Waals surface area contributed by atoms with Gasteiger partial charge in [-0.15, -0.1) is 0 Å². The zero-order chi connectivity index (χ0) is 12.8. The Morgan fingerprint density at radius 3 is 2.28 bits per heavy atom. The minimum absolute atomic E-state index is 0.721. The zero-order valence-electron chi connectivity index (χ0n) is 11.9. The molecule has 0 aliphatic heterocycles. The van der Waals surface area contributed by atoms with E-state index in [1.54, 1.807) is 0 Å². The van der Waals surface area contributed by atoms with Crippen molar-refractivity contribution >= 4 is 0 Å². The summed E-state index contributed by atoms with van der Waals surface area (Å²) in [6, 6.07) is 9.89. The quantitative estimate of drug-likeness (QED) is 0.800. The Morgan fingerprint density at radius 1 is 1.11 bits per heavy atom. The third kappa shape index (κ3) is 3.58. The summed E-state index contributed by atoms with van der Waals surface area (Å²) in [6.45, 7) is 2.21. The Balaban J connectivity index is 1.84. The summed E-state index contributed by atoms with van der Waals surface area (Å²) in [5.74, 6) is 0.921. The molecule has 0 heterocycles. The maximum Gasteiger partial charge on any atom is 0.00954 e. The number of benzene rings is 1. The Bertz CT molecular complexity index is 335. The van der Waals surface area contributed by atoms with Crippen molar-refractivity contribution in [2.75, 3.05) is 7.05 Å². The van der Waals surface area contributed by atoms with Gasteiger partial charge in [-0.1, -0.05) is 44.0 Å². The summed E-state index contributed by atoms with van der Waals surface area (Å²) < 4.78 is 0. The molecule has 2 rings (SSSR count). The van der Waals surface area contributed by atoms with Crippen LogP contribution in [0.3, 0.4) is 0 Å². The SMILES string of the molecule is CCc1ccc(CCC(NC)C2CCCC2)cc1. The lowest BCUT2D eigenvalue weighted by Crippen LogP contribution is -2.32. The van der Waals surface area contributed by atoms with Crippen molar-refractivity contribution in [3.63, 3.8) is 0 Å². The van der Waals surface area contributed by atoms with Crippen LogP contribution >= 0.6 is 0 Å². The van der Waals surface area contributed by atoms with Gasteiger partial charge in [0.2, 0.25) is 0 Å². The van der Waals surface area contributed by atoms with E-state index in [1.165, 1.54) is 49.7 Å². The minimum Gasteiger partial charge on any atom is -0.317 e. The lowest BCUT2D eigenvalue weighted by Gasteiger charge is -2.22. The summed E-state index contributed by atoms with van der Waals surface area (Å²) in [5.41, 5.74) is 2.94. The van der Waals surface area contributed by atoms with Crippen molar-refractivity contribution in [3.8, 4) is 0 Å². The van der Waals surface area contributed by atoms with Crippen LogP contribution in [0.2, 0.25) is 0 Å². The summed E-state index contributed by atoms with van der Waals surface area (Å²) in [7, 11) is 2.13. The fraction of sp³-hybridized carbons (Fsp3) is 0.647. The molecule has 1 aliphatic carbocycles. The van der Waals surface area contributed by atoms with Gasteiger partial charge in [-0.05, 0) is 56.2 Å². The molecule has 18 heavy (non-hydrogen) atoms. The van der Waals surface area contributed by atoms with Crippen LogP contribution in [0.1, 0.15) is 50.2 Å². The Labute approximate surface area is 112 Å². The normalized spacial score (nSPS) is 18.1. The predicted molar refractivity (Wildman–Crippen MR) is 78.9 cm³/mol. The van der Waals surface area contributed by atoms with E-state index in [0.717, 1.165) is 18.4 Å². The maximum absolute atomic E-state index is 3.54. The molecule has 1 saturated carbocycles. The van der Waals surface area contributed by atoms with Gasteiger partial charge in [-0.25, -0.2) is 0 Å². The molecule has 1 heteroatoms. The lowest BCUT2D eigenvalue weighted by molar-refractivity contribution is 0.360. The highest BCUT2D eigenvalue weighted by atomic mass is 14.9. The Morgan fingerprint density at radius 2 is 1.72 bits per heavy atom. The minimum atomic E-state index is 0.721. The van der Waals surface area contributed by atoms with Crippen molar-refractivity contribution in [1.82, 2.24) is 5.32 Å². The molecule has 0 spiro atoms. The highest BCUT2D eigenvalue weighted by Gasteiger charge is 2.23. The molecule has 0 bridgehead atoms. The summed E-state index contributed by atoms with van der Waals surface area (Å²) >= 11 is 0. The van der Waals surface area contributed by atoms with Gasteiger partial charge in [-0.3, -0.25) is 0 Å². The van der Waals surface area contributed by atoms with E-state index in [-0.39, 0.29) is 0 Å². The lowest BCUT2D eigenvalue weighted by atomic mass is 9.92. The fourth-order valence-electron chi connectivity index (χ4n) is 3.24. The monoisotopic (exact) mass is 245 g/mol. The molecule has 100 valence electrons. The average Bonchev–Trinajstić information content (AvgIpc) is 2.94. The van der Waals surface area contributed by atoms with Crippen LogP contribution in [0, 0.1) is 5.92 Å². The summed E-state index contributed by atoms with van der Waals surface area (Å²) in [4.78, 5) is 0. The van der Waals surface area contributed by atoms with Gasteiger partial charge in [0.15, 0.2) is 0 Å². The third-order valence-electron chi connectivity index (χ3n) is 4.51. The number of hydrogen-bond donors (Lipinski definition) is 1. The fourth-order valence-corrected chi connectivity index (χ4v) is 3.24. The van der Waals surface area contributed by atoms with Crippen LogP contribution in [-0.2, 0) is 12.8 Å². The molecular formula is C17H27N. The second-order valence-electron chi connectivity index (χ2n) is 5.65. The van der Waals surface area contributed by atoms with Gasteiger partial charge in [0.1, 0.15) is 0 Å². The smallest absolute Gasteiger partial charge is 0.00954 e. The van der Waals surface area contributed by atoms with E-state index in [4.69, 9.17) is 0 Å². The molecule has 1 nitrogen and oxygen atoms in total. The van der Waals surface area contributed by atoms with Crippen LogP contribution < -0.4 is 5.32 Å². The number of hydrogen-bond acceptors (Lipinski definition) is 1. The first-order valence-corrected chi connectivity index (χ1v) is 7.58. The first kappa shape index (κ1) is 13.6. The van der Waals surface area contributed by atoms with Crippen LogP contribution in [0.25, 0.3) is 0 Å². The zero-order valence-corrected chi connectivity index (χ0v) is 11.9. The summed E-state index contributed by atoms with van der Waals surface area (Å²) in [6.07, 6.45) is 9.38. The number of nitrogens with one attached hydrogen (secondary N) is 1. The first-order valence-electron chi connectivity index (χ1n) is 7.58. The third-order valence-corrected chi connectivity index (χ3v) is 4.51. The van der Waals surface area contributed by atoms with Crippen molar-refractivity contribution in [1.29, 1.82) is 0 Å². The Hall–Kier alpha value is -0.820. The number of rotatable bonds is 6. The van der Waals surface area contributed by atoms with E-state index in [9.17, 15) is 0 Å². The van der Waals surface area contributed by atoms with E-state index < -0.39 is 0 Å². The Kier molecular flexibility index (Phi) is 5.25. The van der Waals surface area contributed by atoms with Crippen LogP contribution in [0.15, 0.2) is 24.3 Å². The number of aryl methyl sites for hydroxylation is 2. The van der Waals surface area contributed by atoms with E-state index in [1.807, 2.05) is 0 Å². The van der Waals surface area contributed by atoms with E-state index >= 15 is 0 Å². The maximum atomic E-state index is 3.54. The molecule has 0 amide bonds. The molecule has 0 saturated heterocycles. The van der Waals surface area contributed by atoms with Crippen molar-refractivity contribution in [2.24, 2.45) is 5.92 Å². The molecule has 1 fully saturated rings. The van der Waals surface area contributed by atoms with Crippen LogP contribution in [0.5, 0.6) is 0 Å². The molecule has 1 aromatic rings. The van der Waals surface area contributed by atoms with Gasteiger partial charge in [0, 0.05) is 6.04 Å². The molecule has 1 aliphatic rings. The molecule has 1 unspecified atom stereocenters. The highest BCUT2D eigenvalue weighted by Crippen LogP contribution is 2.29. The van der Waals surface area contributed by atoms with Crippen molar-refractivity contribution < 1.29 is 0 Å².